The lowest BCUT2D eigenvalue weighted by Gasteiger charge is -1.95. The SMILES string of the molecule is Fc1ccc([C@@H]2C[C@@H]2Br)cc1. The second-order valence-corrected chi connectivity index (χ2v) is 4.09. The van der Waals surface area contributed by atoms with Crippen LogP contribution in [0.5, 0.6) is 0 Å². The molecule has 0 bridgehead atoms. The fourth-order valence-electron chi connectivity index (χ4n) is 1.22. The van der Waals surface area contributed by atoms with Crippen molar-refractivity contribution in [3.05, 3.63) is 35.6 Å². The summed E-state index contributed by atoms with van der Waals surface area (Å²) in [6.07, 6.45) is 1.19. The van der Waals surface area contributed by atoms with Gasteiger partial charge in [0.2, 0.25) is 0 Å². The average molecular weight is 215 g/mol. The summed E-state index contributed by atoms with van der Waals surface area (Å²) in [6, 6.07) is 6.77. The first-order valence-corrected chi connectivity index (χ1v) is 4.58. The minimum atomic E-state index is -0.152. The number of hydrogen-bond acceptors (Lipinski definition) is 0. The molecule has 1 aliphatic carbocycles. The topological polar surface area (TPSA) is 0 Å². The summed E-state index contributed by atoms with van der Waals surface area (Å²) < 4.78 is 12.5. The van der Waals surface area contributed by atoms with Gasteiger partial charge in [0, 0.05) is 4.83 Å². The highest BCUT2D eigenvalue weighted by Crippen LogP contribution is 2.46. The summed E-state index contributed by atoms with van der Waals surface area (Å²) in [4.78, 5) is 0.618. The Balaban J connectivity index is 2.21. The Labute approximate surface area is 73.6 Å². The van der Waals surface area contributed by atoms with Gasteiger partial charge < -0.3 is 0 Å². The van der Waals surface area contributed by atoms with E-state index in [4.69, 9.17) is 0 Å². The van der Waals surface area contributed by atoms with Gasteiger partial charge in [0.25, 0.3) is 0 Å². The third-order valence-electron chi connectivity index (χ3n) is 2.01. The van der Waals surface area contributed by atoms with Crippen molar-refractivity contribution < 1.29 is 4.39 Å². The van der Waals surface area contributed by atoms with E-state index in [0.717, 1.165) is 0 Å². The smallest absolute Gasteiger partial charge is 0.123 e. The minimum Gasteiger partial charge on any atom is -0.207 e. The fourth-order valence-corrected chi connectivity index (χ4v) is 1.93. The Morgan fingerprint density at radius 3 is 2.27 bits per heavy atom. The van der Waals surface area contributed by atoms with Gasteiger partial charge in [-0.15, -0.1) is 0 Å². The normalized spacial score (nSPS) is 28.5. The molecule has 0 nitrogen and oxygen atoms in total. The molecular weight excluding hydrogens is 207 g/mol. The molecule has 0 N–H and O–H groups in total. The second kappa shape index (κ2) is 2.59. The molecule has 0 aliphatic heterocycles. The Morgan fingerprint density at radius 1 is 1.27 bits per heavy atom. The molecule has 0 radical (unpaired) electrons. The van der Waals surface area contributed by atoms with Crippen molar-refractivity contribution in [3.8, 4) is 0 Å². The molecule has 0 unspecified atom stereocenters. The molecule has 0 saturated heterocycles. The molecule has 1 aromatic carbocycles. The van der Waals surface area contributed by atoms with E-state index in [2.05, 4.69) is 15.9 Å². The summed E-state index contributed by atoms with van der Waals surface area (Å²) in [5.74, 6) is 0.469. The molecule has 0 aromatic heterocycles. The molecule has 0 amide bonds. The molecule has 11 heavy (non-hydrogen) atoms. The predicted molar refractivity (Wildman–Crippen MR) is 46.5 cm³/mol. The molecule has 0 heterocycles. The molecule has 2 heteroatoms. The Kier molecular flexibility index (Phi) is 1.72. The van der Waals surface area contributed by atoms with E-state index in [1.54, 1.807) is 0 Å². The van der Waals surface area contributed by atoms with E-state index in [9.17, 15) is 4.39 Å². The van der Waals surface area contributed by atoms with Crippen LogP contribution in [0.25, 0.3) is 0 Å². The van der Waals surface area contributed by atoms with Gasteiger partial charge in [-0.05, 0) is 30.0 Å². The van der Waals surface area contributed by atoms with Crippen LogP contribution >= 0.6 is 15.9 Å². The molecule has 1 aliphatic rings. The number of halogens is 2. The molecule has 2 rings (SSSR count). The number of hydrogen-bond donors (Lipinski definition) is 0. The van der Waals surface area contributed by atoms with E-state index in [1.807, 2.05) is 12.1 Å². The monoisotopic (exact) mass is 214 g/mol. The van der Waals surface area contributed by atoms with Gasteiger partial charge in [-0.3, -0.25) is 0 Å². The van der Waals surface area contributed by atoms with Crippen molar-refractivity contribution in [3.63, 3.8) is 0 Å². The lowest BCUT2D eigenvalue weighted by molar-refractivity contribution is 0.627. The molecule has 0 spiro atoms. The highest BCUT2D eigenvalue weighted by Gasteiger charge is 2.35. The lowest BCUT2D eigenvalue weighted by atomic mass is 10.1. The summed E-state index contributed by atoms with van der Waals surface area (Å²) in [6.45, 7) is 0. The quantitative estimate of drug-likeness (QED) is 0.631. The molecular formula is C9H8BrF. The average Bonchev–Trinajstić information content (AvgIpc) is 2.69. The van der Waals surface area contributed by atoms with Crippen molar-refractivity contribution in [2.24, 2.45) is 0 Å². The maximum atomic E-state index is 12.5. The Morgan fingerprint density at radius 2 is 1.82 bits per heavy atom. The van der Waals surface area contributed by atoms with Gasteiger partial charge in [-0.2, -0.15) is 0 Å². The largest absolute Gasteiger partial charge is 0.207 e. The van der Waals surface area contributed by atoms with Gasteiger partial charge >= 0.3 is 0 Å². The van der Waals surface area contributed by atoms with Gasteiger partial charge in [0.05, 0.1) is 0 Å². The summed E-state index contributed by atoms with van der Waals surface area (Å²) in [5.41, 5.74) is 1.24. The first-order valence-electron chi connectivity index (χ1n) is 3.67. The first-order chi connectivity index (χ1) is 5.27. The van der Waals surface area contributed by atoms with Crippen LogP contribution in [0.15, 0.2) is 24.3 Å². The molecule has 1 saturated carbocycles. The summed E-state index contributed by atoms with van der Waals surface area (Å²) >= 11 is 3.51. The van der Waals surface area contributed by atoms with Crippen LogP contribution in [0.4, 0.5) is 4.39 Å². The van der Waals surface area contributed by atoms with Gasteiger partial charge in [0.1, 0.15) is 5.82 Å². The van der Waals surface area contributed by atoms with Crippen LogP contribution in [0.1, 0.15) is 17.9 Å². The fraction of sp³-hybridized carbons (Fsp3) is 0.333. The summed E-state index contributed by atoms with van der Waals surface area (Å²) in [7, 11) is 0. The second-order valence-electron chi connectivity index (χ2n) is 2.91. The third-order valence-corrected chi connectivity index (χ3v) is 3.02. The van der Waals surface area contributed by atoms with E-state index < -0.39 is 0 Å². The van der Waals surface area contributed by atoms with Gasteiger partial charge in [0.15, 0.2) is 0 Å². The van der Waals surface area contributed by atoms with Gasteiger partial charge in [-0.1, -0.05) is 28.1 Å². The number of rotatable bonds is 1. The van der Waals surface area contributed by atoms with Crippen molar-refractivity contribution >= 4 is 15.9 Å². The van der Waals surface area contributed by atoms with Crippen molar-refractivity contribution in [1.29, 1.82) is 0 Å². The standard InChI is InChI=1S/C9H8BrF/c10-9-5-8(9)6-1-3-7(11)4-2-6/h1-4,8-9H,5H2/t8-,9-/m0/s1. The summed E-state index contributed by atoms with van der Waals surface area (Å²) in [5, 5.41) is 0. The highest BCUT2D eigenvalue weighted by atomic mass is 79.9. The van der Waals surface area contributed by atoms with Crippen LogP contribution in [0.3, 0.4) is 0 Å². The van der Waals surface area contributed by atoms with Crippen molar-refractivity contribution in [2.75, 3.05) is 0 Å². The number of alkyl halides is 1. The van der Waals surface area contributed by atoms with E-state index in [1.165, 1.54) is 24.1 Å². The lowest BCUT2D eigenvalue weighted by Crippen LogP contribution is -1.81. The van der Waals surface area contributed by atoms with Crippen LogP contribution in [-0.2, 0) is 0 Å². The Bertz CT molecular complexity index is 255. The highest BCUT2D eigenvalue weighted by molar-refractivity contribution is 9.09. The Hall–Kier alpha value is -0.370. The minimum absolute atomic E-state index is 0.152. The van der Waals surface area contributed by atoms with Crippen LogP contribution in [0, 0.1) is 5.82 Å². The maximum absolute atomic E-state index is 12.5. The van der Waals surface area contributed by atoms with Crippen LogP contribution < -0.4 is 0 Å². The van der Waals surface area contributed by atoms with E-state index in [0.29, 0.717) is 10.7 Å². The molecule has 1 aromatic rings. The van der Waals surface area contributed by atoms with Crippen LogP contribution in [-0.4, -0.2) is 4.83 Å². The third kappa shape index (κ3) is 1.45. The van der Waals surface area contributed by atoms with E-state index >= 15 is 0 Å². The maximum Gasteiger partial charge on any atom is 0.123 e. The van der Waals surface area contributed by atoms with Gasteiger partial charge in [-0.25, -0.2) is 4.39 Å². The molecule has 2 atom stereocenters. The first kappa shape index (κ1) is 7.29. The molecule has 1 fully saturated rings. The zero-order chi connectivity index (χ0) is 7.84. The predicted octanol–water partition coefficient (Wildman–Crippen LogP) is 3.08. The van der Waals surface area contributed by atoms with Crippen molar-refractivity contribution in [2.45, 2.75) is 17.2 Å². The molecule has 58 valence electrons. The van der Waals surface area contributed by atoms with Crippen molar-refractivity contribution in [1.82, 2.24) is 0 Å². The zero-order valence-corrected chi connectivity index (χ0v) is 7.51. The number of benzene rings is 1. The zero-order valence-electron chi connectivity index (χ0n) is 5.93. The van der Waals surface area contributed by atoms with Crippen LogP contribution in [0.2, 0.25) is 0 Å². The van der Waals surface area contributed by atoms with E-state index in [-0.39, 0.29) is 5.82 Å².